The molecule has 0 spiro atoms. The number of hydrogen-bond acceptors (Lipinski definition) is 2. The van der Waals surface area contributed by atoms with E-state index in [-0.39, 0.29) is 29.8 Å². The van der Waals surface area contributed by atoms with E-state index in [0.717, 1.165) is 19.4 Å². The second-order valence-corrected chi connectivity index (χ2v) is 6.57. The summed E-state index contributed by atoms with van der Waals surface area (Å²) in [4.78, 5) is 26.9. The summed E-state index contributed by atoms with van der Waals surface area (Å²) in [6, 6.07) is -0.646. The lowest BCUT2D eigenvalue weighted by molar-refractivity contribution is -0.152. The van der Waals surface area contributed by atoms with E-state index < -0.39 is 0 Å². The lowest BCUT2D eigenvalue weighted by atomic mass is 9.92. The SMILES string of the molecule is CCCCC(CC)CN1C(=O)C(CC)NC(=O)C1C(C)C. The first-order valence-corrected chi connectivity index (χ1v) is 8.56. The molecule has 1 saturated heterocycles. The number of piperazine rings is 1. The third kappa shape index (κ3) is 4.45. The van der Waals surface area contributed by atoms with Crippen LogP contribution in [-0.4, -0.2) is 35.3 Å². The molecule has 0 aromatic carbocycles. The molecule has 1 heterocycles. The molecule has 122 valence electrons. The number of hydrogen-bond donors (Lipinski definition) is 1. The minimum Gasteiger partial charge on any atom is -0.343 e. The van der Waals surface area contributed by atoms with Gasteiger partial charge < -0.3 is 10.2 Å². The zero-order valence-corrected chi connectivity index (χ0v) is 14.3. The van der Waals surface area contributed by atoms with Crippen LogP contribution in [0.2, 0.25) is 0 Å². The third-order valence-corrected chi connectivity index (χ3v) is 4.54. The minimum atomic E-state index is -0.337. The second kappa shape index (κ2) is 8.40. The van der Waals surface area contributed by atoms with Gasteiger partial charge in [0.1, 0.15) is 12.1 Å². The first-order valence-electron chi connectivity index (χ1n) is 8.56. The van der Waals surface area contributed by atoms with E-state index in [4.69, 9.17) is 0 Å². The molecular formula is C17H32N2O2. The van der Waals surface area contributed by atoms with E-state index in [1.54, 1.807) is 0 Å². The molecule has 4 nitrogen and oxygen atoms in total. The Morgan fingerprint density at radius 1 is 1.19 bits per heavy atom. The number of rotatable bonds is 8. The van der Waals surface area contributed by atoms with Gasteiger partial charge in [-0.25, -0.2) is 0 Å². The van der Waals surface area contributed by atoms with Crippen molar-refractivity contribution in [3.63, 3.8) is 0 Å². The minimum absolute atomic E-state index is 0.0156. The smallest absolute Gasteiger partial charge is 0.245 e. The van der Waals surface area contributed by atoms with Gasteiger partial charge in [0.05, 0.1) is 0 Å². The van der Waals surface area contributed by atoms with Crippen molar-refractivity contribution in [2.45, 2.75) is 78.8 Å². The topological polar surface area (TPSA) is 49.4 Å². The maximum Gasteiger partial charge on any atom is 0.245 e. The molecule has 0 aromatic heterocycles. The summed E-state index contributed by atoms with van der Waals surface area (Å²) >= 11 is 0. The van der Waals surface area contributed by atoms with Crippen LogP contribution >= 0.6 is 0 Å². The van der Waals surface area contributed by atoms with Gasteiger partial charge in [0.2, 0.25) is 11.8 Å². The normalized spacial score (nSPS) is 24.4. The monoisotopic (exact) mass is 296 g/mol. The van der Waals surface area contributed by atoms with E-state index in [9.17, 15) is 9.59 Å². The maximum atomic E-state index is 12.7. The molecule has 4 heteroatoms. The molecule has 0 aliphatic carbocycles. The van der Waals surface area contributed by atoms with Gasteiger partial charge >= 0.3 is 0 Å². The highest BCUT2D eigenvalue weighted by Crippen LogP contribution is 2.23. The zero-order chi connectivity index (χ0) is 16.0. The van der Waals surface area contributed by atoms with Crippen molar-refractivity contribution < 1.29 is 9.59 Å². The van der Waals surface area contributed by atoms with Crippen molar-refractivity contribution in [3.05, 3.63) is 0 Å². The molecule has 1 fully saturated rings. The van der Waals surface area contributed by atoms with Crippen molar-refractivity contribution >= 4 is 11.8 Å². The van der Waals surface area contributed by atoms with Gasteiger partial charge in [-0.1, -0.05) is 53.9 Å². The van der Waals surface area contributed by atoms with E-state index in [2.05, 4.69) is 19.2 Å². The summed E-state index contributed by atoms with van der Waals surface area (Å²) < 4.78 is 0. The Morgan fingerprint density at radius 3 is 2.33 bits per heavy atom. The summed E-state index contributed by atoms with van der Waals surface area (Å²) in [5.74, 6) is 0.765. The maximum absolute atomic E-state index is 12.7. The molecule has 3 unspecified atom stereocenters. The van der Waals surface area contributed by atoms with Crippen LogP contribution in [0.3, 0.4) is 0 Å². The average Bonchev–Trinajstić information content (AvgIpc) is 2.45. The Hall–Kier alpha value is -1.06. The Morgan fingerprint density at radius 2 is 1.86 bits per heavy atom. The highest BCUT2D eigenvalue weighted by atomic mass is 16.2. The Labute approximate surface area is 129 Å². The number of nitrogens with one attached hydrogen (secondary N) is 1. The van der Waals surface area contributed by atoms with E-state index >= 15 is 0 Å². The lowest BCUT2D eigenvalue weighted by Crippen LogP contribution is -2.65. The van der Waals surface area contributed by atoms with Crippen molar-refractivity contribution in [3.8, 4) is 0 Å². The zero-order valence-electron chi connectivity index (χ0n) is 14.3. The second-order valence-electron chi connectivity index (χ2n) is 6.57. The molecule has 0 bridgehead atoms. The van der Waals surface area contributed by atoms with Crippen LogP contribution in [0.4, 0.5) is 0 Å². The fourth-order valence-corrected chi connectivity index (χ4v) is 3.14. The van der Waals surface area contributed by atoms with Crippen LogP contribution in [0.25, 0.3) is 0 Å². The highest BCUT2D eigenvalue weighted by molar-refractivity contribution is 5.97. The fraction of sp³-hybridized carbons (Fsp3) is 0.882. The number of amides is 2. The number of carbonyl (C=O) groups excluding carboxylic acids is 2. The van der Waals surface area contributed by atoms with Crippen LogP contribution in [0.5, 0.6) is 0 Å². The highest BCUT2D eigenvalue weighted by Gasteiger charge is 2.41. The van der Waals surface area contributed by atoms with E-state index in [0.29, 0.717) is 12.3 Å². The van der Waals surface area contributed by atoms with Gasteiger partial charge in [-0.05, 0) is 24.7 Å². The largest absolute Gasteiger partial charge is 0.343 e. The first-order chi connectivity index (χ1) is 9.96. The molecular weight excluding hydrogens is 264 g/mol. The van der Waals surface area contributed by atoms with Crippen molar-refractivity contribution in [2.75, 3.05) is 6.54 Å². The van der Waals surface area contributed by atoms with Gasteiger partial charge in [0, 0.05) is 6.54 Å². The predicted octanol–water partition coefficient (Wildman–Crippen LogP) is 2.96. The van der Waals surface area contributed by atoms with Crippen LogP contribution < -0.4 is 5.32 Å². The quantitative estimate of drug-likeness (QED) is 0.748. The summed E-state index contributed by atoms with van der Waals surface area (Å²) in [6.07, 6.45) is 5.23. The Bertz CT molecular complexity index is 355. The number of unbranched alkanes of at least 4 members (excludes halogenated alkanes) is 1. The summed E-state index contributed by atoms with van der Waals surface area (Å²) in [6.45, 7) is 11.1. The average molecular weight is 296 g/mol. The summed E-state index contributed by atoms with van der Waals surface area (Å²) in [7, 11) is 0. The molecule has 3 atom stereocenters. The van der Waals surface area contributed by atoms with Gasteiger partial charge in [0.15, 0.2) is 0 Å². The van der Waals surface area contributed by atoms with Gasteiger partial charge in [-0.2, -0.15) is 0 Å². The summed E-state index contributed by atoms with van der Waals surface area (Å²) in [5, 5.41) is 2.88. The van der Waals surface area contributed by atoms with Gasteiger partial charge in [-0.3, -0.25) is 9.59 Å². The fourth-order valence-electron chi connectivity index (χ4n) is 3.14. The van der Waals surface area contributed by atoms with Crippen molar-refractivity contribution in [1.82, 2.24) is 10.2 Å². The molecule has 21 heavy (non-hydrogen) atoms. The van der Waals surface area contributed by atoms with Crippen molar-refractivity contribution in [1.29, 1.82) is 0 Å². The predicted molar refractivity (Wildman–Crippen MR) is 85.9 cm³/mol. The van der Waals surface area contributed by atoms with E-state index in [1.165, 1.54) is 12.8 Å². The standard InChI is InChI=1S/C17H32N2O2/c1-6-9-10-13(7-2)11-19-15(12(4)5)16(20)18-14(8-3)17(19)21/h12-15H,6-11H2,1-5H3,(H,18,20). The molecule has 1 aliphatic heterocycles. The van der Waals surface area contributed by atoms with Crippen LogP contribution in [0.15, 0.2) is 0 Å². The van der Waals surface area contributed by atoms with Gasteiger partial charge in [-0.15, -0.1) is 0 Å². The molecule has 1 rings (SSSR count). The lowest BCUT2D eigenvalue weighted by Gasteiger charge is -2.42. The number of carbonyl (C=O) groups is 2. The summed E-state index contributed by atoms with van der Waals surface area (Å²) in [5.41, 5.74) is 0. The molecule has 2 amide bonds. The van der Waals surface area contributed by atoms with E-state index in [1.807, 2.05) is 25.7 Å². The molecule has 0 radical (unpaired) electrons. The van der Waals surface area contributed by atoms with Crippen LogP contribution in [0.1, 0.15) is 66.7 Å². The number of nitrogens with zero attached hydrogens (tertiary/aromatic N) is 1. The Kier molecular flexibility index (Phi) is 7.20. The molecule has 0 aromatic rings. The van der Waals surface area contributed by atoms with Crippen LogP contribution in [0, 0.1) is 11.8 Å². The van der Waals surface area contributed by atoms with Crippen molar-refractivity contribution in [2.24, 2.45) is 11.8 Å². The first kappa shape index (κ1) is 18.0. The third-order valence-electron chi connectivity index (χ3n) is 4.54. The molecule has 1 aliphatic rings. The van der Waals surface area contributed by atoms with Gasteiger partial charge in [0.25, 0.3) is 0 Å². The molecule has 0 saturated carbocycles. The molecule has 1 N–H and O–H groups in total. The van der Waals surface area contributed by atoms with Crippen LogP contribution in [-0.2, 0) is 9.59 Å². The Balaban J connectivity index is 2.88.